The van der Waals surface area contributed by atoms with E-state index in [-0.39, 0.29) is 5.92 Å². The molecule has 0 aliphatic rings. The quantitative estimate of drug-likeness (QED) is 0.748. The molecule has 1 aromatic carbocycles. The first-order valence-electron chi connectivity index (χ1n) is 6.95. The topological polar surface area (TPSA) is 42.4 Å². The Balaban J connectivity index is 2.42. The van der Waals surface area contributed by atoms with Crippen LogP contribution in [0.1, 0.15) is 41.6 Å². The van der Waals surface area contributed by atoms with Crippen LogP contribution in [0.3, 0.4) is 0 Å². The van der Waals surface area contributed by atoms with Crippen molar-refractivity contribution in [2.24, 2.45) is 0 Å². The van der Waals surface area contributed by atoms with Crippen molar-refractivity contribution in [3.05, 3.63) is 34.8 Å². The zero-order valence-electron chi connectivity index (χ0n) is 12.8. The maximum absolute atomic E-state index is 11.3. The molecule has 0 saturated carbocycles. The maximum atomic E-state index is 11.3. The lowest BCUT2D eigenvalue weighted by Crippen LogP contribution is -2.10. The molecule has 0 N–H and O–H groups in total. The number of nitrogens with zero attached hydrogens (tertiary/aromatic N) is 2. The van der Waals surface area contributed by atoms with E-state index < -0.39 is 0 Å². The monoisotopic (exact) mass is 304 g/mol. The Morgan fingerprint density at radius 2 is 2.14 bits per heavy atom. The third-order valence-corrected chi connectivity index (χ3v) is 4.66. The lowest BCUT2D eigenvalue weighted by molar-refractivity contribution is 0.112. The number of para-hydroxylation sites is 2. The Bertz CT molecular complexity index is 624. The number of carbonyl (C=O) groups excluding carboxylic acids is 1. The lowest BCUT2D eigenvalue weighted by atomic mass is 10.0. The summed E-state index contributed by atoms with van der Waals surface area (Å²) in [5.74, 6) is 1.06. The second-order valence-corrected chi connectivity index (χ2v) is 5.91. The van der Waals surface area contributed by atoms with Crippen LogP contribution in [-0.4, -0.2) is 25.4 Å². The first-order chi connectivity index (χ1) is 10.1. The summed E-state index contributed by atoms with van der Waals surface area (Å²) in [7, 11) is 3.58. The highest BCUT2D eigenvalue weighted by Crippen LogP contribution is 2.37. The molecular formula is C16H20N2O2S. The molecule has 0 saturated heterocycles. The highest BCUT2D eigenvalue weighted by Gasteiger charge is 2.19. The normalized spacial score (nSPS) is 12.0. The minimum atomic E-state index is 0.279. The molecule has 0 fully saturated rings. The first kappa shape index (κ1) is 15.5. The van der Waals surface area contributed by atoms with Crippen LogP contribution in [-0.2, 0) is 0 Å². The van der Waals surface area contributed by atoms with Crippen molar-refractivity contribution in [2.45, 2.75) is 26.2 Å². The van der Waals surface area contributed by atoms with Crippen LogP contribution in [0.4, 0.5) is 10.8 Å². The average molecular weight is 304 g/mol. The number of aldehydes is 1. The molecule has 0 radical (unpaired) electrons. The van der Waals surface area contributed by atoms with Gasteiger partial charge in [0.05, 0.1) is 23.4 Å². The number of benzene rings is 1. The van der Waals surface area contributed by atoms with Crippen LogP contribution in [0, 0.1) is 0 Å². The number of hydrogen-bond acceptors (Lipinski definition) is 5. The predicted molar refractivity (Wildman–Crippen MR) is 87.3 cm³/mol. The van der Waals surface area contributed by atoms with Gasteiger partial charge in [-0.05, 0) is 24.5 Å². The van der Waals surface area contributed by atoms with E-state index in [9.17, 15) is 4.79 Å². The number of ether oxygens (including phenoxy) is 1. The zero-order chi connectivity index (χ0) is 15.4. The molecule has 2 aromatic rings. The van der Waals surface area contributed by atoms with Crippen molar-refractivity contribution in [2.75, 3.05) is 19.1 Å². The highest BCUT2D eigenvalue weighted by atomic mass is 32.1. The van der Waals surface area contributed by atoms with Crippen LogP contribution >= 0.6 is 11.3 Å². The van der Waals surface area contributed by atoms with Gasteiger partial charge in [-0.25, -0.2) is 4.98 Å². The average Bonchev–Trinajstić information content (AvgIpc) is 2.97. The van der Waals surface area contributed by atoms with Crippen molar-refractivity contribution >= 4 is 28.4 Å². The van der Waals surface area contributed by atoms with Gasteiger partial charge in [0.2, 0.25) is 0 Å². The van der Waals surface area contributed by atoms with E-state index in [2.05, 4.69) is 18.8 Å². The summed E-state index contributed by atoms with van der Waals surface area (Å²) >= 11 is 1.42. The van der Waals surface area contributed by atoms with E-state index in [1.54, 1.807) is 7.11 Å². The third kappa shape index (κ3) is 3.08. The molecule has 0 bridgehead atoms. The molecule has 1 aromatic heterocycles. The fourth-order valence-electron chi connectivity index (χ4n) is 2.12. The number of methoxy groups -OCH3 is 1. The van der Waals surface area contributed by atoms with Crippen molar-refractivity contribution < 1.29 is 9.53 Å². The molecule has 112 valence electrons. The fourth-order valence-corrected chi connectivity index (χ4v) is 3.09. The molecule has 0 amide bonds. The number of hydrogen-bond donors (Lipinski definition) is 0. The van der Waals surface area contributed by atoms with Gasteiger partial charge in [0, 0.05) is 7.05 Å². The molecule has 1 heterocycles. The van der Waals surface area contributed by atoms with E-state index in [4.69, 9.17) is 4.74 Å². The highest BCUT2D eigenvalue weighted by molar-refractivity contribution is 7.17. The molecule has 0 aliphatic carbocycles. The van der Waals surface area contributed by atoms with E-state index >= 15 is 0 Å². The molecule has 4 nitrogen and oxygen atoms in total. The first-order valence-corrected chi connectivity index (χ1v) is 7.76. The van der Waals surface area contributed by atoms with Gasteiger partial charge in [-0.1, -0.05) is 37.3 Å². The second kappa shape index (κ2) is 6.72. The SMILES string of the molecule is CCC(C)c1nc(N(C)c2ccccc2OC)sc1C=O. The van der Waals surface area contributed by atoms with Crippen LogP contribution in [0.5, 0.6) is 5.75 Å². The van der Waals surface area contributed by atoms with Gasteiger partial charge in [-0.3, -0.25) is 4.79 Å². The van der Waals surface area contributed by atoms with E-state index in [1.165, 1.54) is 11.3 Å². The second-order valence-electron chi connectivity index (χ2n) is 4.90. The van der Waals surface area contributed by atoms with E-state index in [0.29, 0.717) is 4.88 Å². The summed E-state index contributed by atoms with van der Waals surface area (Å²) in [6.45, 7) is 4.19. The van der Waals surface area contributed by atoms with Crippen LogP contribution in [0.25, 0.3) is 0 Å². The van der Waals surface area contributed by atoms with Crippen molar-refractivity contribution in [3.8, 4) is 5.75 Å². The number of anilines is 2. The lowest BCUT2D eigenvalue weighted by Gasteiger charge is -2.18. The molecule has 1 atom stereocenters. The summed E-state index contributed by atoms with van der Waals surface area (Å²) < 4.78 is 5.39. The van der Waals surface area contributed by atoms with Crippen molar-refractivity contribution in [3.63, 3.8) is 0 Å². The molecular weight excluding hydrogens is 284 g/mol. The van der Waals surface area contributed by atoms with Crippen molar-refractivity contribution in [1.29, 1.82) is 0 Å². The van der Waals surface area contributed by atoms with Gasteiger partial charge in [-0.15, -0.1) is 0 Å². The van der Waals surface area contributed by atoms with Crippen LogP contribution in [0.2, 0.25) is 0 Å². The fraction of sp³-hybridized carbons (Fsp3) is 0.375. The van der Waals surface area contributed by atoms with Crippen LogP contribution in [0.15, 0.2) is 24.3 Å². The molecule has 0 spiro atoms. The Morgan fingerprint density at radius 3 is 2.76 bits per heavy atom. The Hall–Kier alpha value is -1.88. The number of carbonyl (C=O) groups is 1. The minimum absolute atomic E-state index is 0.279. The molecule has 1 unspecified atom stereocenters. The summed E-state index contributed by atoms with van der Waals surface area (Å²) in [5.41, 5.74) is 1.82. The predicted octanol–water partition coefficient (Wildman–Crippen LogP) is 4.25. The Morgan fingerprint density at radius 1 is 1.43 bits per heavy atom. The number of thiazole rings is 1. The van der Waals surface area contributed by atoms with Gasteiger partial charge in [0.1, 0.15) is 5.75 Å². The summed E-state index contributed by atoms with van der Waals surface area (Å²) in [4.78, 5) is 18.6. The maximum Gasteiger partial charge on any atom is 0.190 e. The van der Waals surface area contributed by atoms with Gasteiger partial charge in [-0.2, -0.15) is 0 Å². The summed E-state index contributed by atoms with van der Waals surface area (Å²) in [6, 6.07) is 7.77. The van der Waals surface area contributed by atoms with Gasteiger partial charge in [0.25, 0.3) is 0 Å². The molecule has 2 rings (SSSR count). The standard InChI is InChI=1S/C16H20N2O2S/c1-5-11(2)15-14(10-19)21-16(17-15)18(3)12-8-6-7-9-13(12)20-4/h6-11H,5H2,1-4H3. The molecule has 21 heavy (non-hydrogen) atoms. The zero-order valence-corrected chi connectivity index (χ0v) is 13.6. The minimum Gasteiger partial charge on any atom is -0.495 e. The van der Waals surface area contributed by atoms with E-state index in [0.717, 1.165) is 35.0 Å². The third-order valence-electron chi connectivity index (χ3n) is 3.59. The largest absolute Gasteiger partial charge is 0.495 e. The van der Waals surface area contributed by atoms with Crippen molar-refractivity contribution in [1.82, 2.24) is 4.98 Å². The Kier molecular flexibility index (Phi) is 4.96. The van der Waals surface area contributed by atoms with Gasteiger partial charge < -0.3 is 9.64 Å². The smallest absolute Gasteiger partial charge is 0.190 e. The summed E-state index contributed by atoms with van der Waals surface area (Å²) in [6.07, 6.45) is 1.86. The van der Waals surface area contributed by atoms with Gasteiger partial charge >= 0.3 is 0 Å². The van der Waals surface area contributed by atoms with E-state index in [1.807, 2.05) is 36.2 Å². The van der Waals surface area contributed by atoms with Crippen LogP contribution < -0.4 is 9.64 Å². The number of rotatable bonds is 6. The molecule has 5 heteroatoms. The van der Waals surface area contributed by atoms with Gasteiger partial charge in [0.15, 0.2) is 11.4 Å². The summed E-state index contributed by atoms with van der Waals surface area (Å²) in [5, 5.41) is 0.803. The molecule has 0 aliphatic heterocycles. The number of aromatic nitrogens is 1. The Labute approximate surface area is 129 Å².